The molecule has 0 unspecified atom stereocenters. The summed E-state index contributed by atoms with van der Waals surface area (Å²) in [5, 5.41) is 3.45. The molecule has 2 aromatic rings. The van der Waals surface area contributed by atoms with Gasteiger partial charge in [0.15, 0.2) is 5.65 Å². The van der Waals surface area contributed by atoms with Gasteiger partial charge < -0.3 is 9.88 Å². The largest absolute Gasteiger partial charge is 0.310 e. The summed E-state index contributed by atoms with van der Waals surface area (Å²) in [7, 11) is 0. The Morgan fingerprint density at radius 3 is 2.72 bits per heavy atom. The molecule has 0 saturated heterocycles. The minimum atomic E-state index is 0.376. The van der Waals surface area contributed by atoms with E-state index in [0.717, 1.165) is 30.1 Å². The number of rotatable bonds is 5. The van der Waals surface area contributed by atoms with Crippen LogP contribution in [0.4, 0.5) is 0 Å². The van der Waals surface area contributed by atoms with Gasteiger partial charge in [0.2, 0.25) is 0 Å². The Morgan fingerprint density at radius 2 is 2.06 bits per heavy atom. The van der Waals surface area contributed by atoms with Crippen LogP contribution in [0.1, 0.15) is 39.6 Å². The average Bonchev–Trinajstić information content (AvgIpc) is 2.66. The summed E-state index contributed by atoms with van der Waals surface area (Å²) >= 11 is 0. The van der Waals surface area contributed by atoms with E-state index in [-0.39, 0.29) is 0 Å². The molecular formula is C14H22N4. The minimum absolute atomic E-state index is 0.376. The molecule has 0 aliphatic heterocycles. The quantitative estimate of drug-likeness (QED) is 0.882. The van der Waals surface area contributed by atoms with Crippen molar-refractivity contribution in [2.45, 2.75) is 40.3 Å². The zero-order valence-corrected chi connectivity index (χ0v) is 11.6. The van der Waals surface area contributed by atoms with Gasteiger partial charge in [0.25, 0.3) is 0 Å². The first-order chi connectivity index (χ1) is 8.59. The molecule has 2 rings (SSSR count). The second-order valence-corrected chi connectivity index (χ2v) is 5.36. The molecule has 0 fully saturated rings. The number of nitrogens with zero attached hydrogens (tertiary/aromatic N) is 3. The molecule has 0 radical (unpaired) electrons. The predicted octanol–water partition coefficient (Wildman–Crippen LogP) is 2.76. The molecule has 0 atom stereocenters. The number of pyridine rings is 1. The molecule has 2 aromatic heterocycles. The molecule has 0 bridgehead atoms. The molecule has 0 saturated carbocycles. The highest BCUT2D eigenvalue weighted by Crippen LogP contribution is 2.18. The lowest BCUT2D eigenvalue weighted by Crippen LogP contribution is -2.22. The fourth-order valence-corrected chi connectivity index (χ4v) is 2.12. The van der Waals surface area contributed by atoms with E-state index in [1.54, 1.807) is 0 Å². The summed E-state index contributed by atoms with van der Waals surface area (Å²) in [5.41, 5.74) is 1.96. The number of aromatic nitrogens is 3. The van der Waals surface area contributed by atoms with Gasteiger partial charge in [0.05, 0.1) is 6.54 Å². The van der Waals surface area contributed by atoms with Crippen molar-refractivity contribution in [1.29, 1.82) is 0 Å². The smallest absolute Gasteiger partial charge is 0.160 e. The highest BCUT2D eigenvalue weighted by molar-refractivity contribution is 5.71. The molecule has 0 amide bonds. The van der Waals surface area contributed by atoms with E-state index < -0.39 is 0 Å². The third-order valence-electron chi connectivity index (χ3n) is 2.87. The van der Waals surface area contributed by atoms with E-state index in [1.807, 2.05) is 18.3 Å². The summed E-state index contributed by atoms with van der Waals surface area (Å²) in [6, 6.07) is 4.33. The van der Waals surface area contributed by atoms with Gasteiger partial charge in [-0.15, -0.1) is 0 Å². The second kappa shape index (κ2) is 5.48. The topological polar surface area (TPSA) is 42.7 Å². The number of nitrogens with one attached hydrogen (secondary N) is 1. The number of fused-ring (bicyclic) bond motifs is 1. The van der Waals surface area contributed by atoms with Crippen LogP contribution in [0.2, 0.25) is 0 Å². The molecule has 18 heavy (non-hydrogen) atoms. The summed E-state index contributed by atoms with van der Waals surface area (Å²) in [5.74, 6) is 1.72. The van der Waals surface area contributed by atoms with Gasteiger partial charge in [0, 0.05) is 12.2 Å². The van der Waals surface area contributed by atoms with Gasteiger partial charge >= 0.3 is 0 Å². The monoisotopic (exact) mass is 246 g/mol. The standard InChI is InChI=1S/C14H22N4/c1-10(2)8-15-9-13-17-12-6-5-7-16-14(12)18(13)11(3)4/h5-7,10-11,15H,8-9H2,1-4H3. The third-order valence-corrected chi connectivity index (χ3v) is 2.87. The van der Waals surface area contributed by atoms with Gasteiger partial charge in [-0.05, 0) is 38.4 Å². The zero-order chi connectivity index (χ0) is 13.1. The molecular weight excluding hydrogens is 224 g/mol. The Hall–Kier alpha value is -1.42. The summed E-state index contributed by atoms with van der Waals surface area (Å²) < 4.78 is 2.21. The molecule has 0 aliphatic rings. The van der Waals surface area contributed by atoms with Crippen LogP contribution in [-0.4, -0.2) is 21.1 Å². The molecule has 2 heterocycles. The SMILES string of the molecule is CC(C)CNCc1nc2cccnc2n1C(C)C. The molecule has 1 N–H and O–H groups in total. The Kier molecular flexibility index (Phi) is 3.97. The van der Waals surface area contributed by atoms with E-state index in [1.165, 1.54) is 0 Å². The highest BCUT2D eigenvalue weighted by Gasteiger charge is 2.13. The molecule has 98 valence electrons. The Labute approximate surface area is 108 Å². The normalized spacial score (nSPS) is 11.9. The molecule has 0 aromatic carbocycles. The summed E-state index contributed by atoms with van der Waals surface area (Å²) in [4.78, 5) is 9.11. The molecule has 0 aliphatic carbocycles. The lowest BCUT2D eigenvalue weighted by atomic mass is 10.2. The van der Waals surface area contributed by atoms with Crippen LogP contribution in [0.25, 0.3) is 11.2 Å². The Bertz CT molecular complexity index is 513. The van der Waals surface area contributed by atoms with Crippen LogP contribution >= 0.6 is 0 Å². The number of imidazole rings is 1. The van der Waals surface area contributed by atoms with E-state index in [4.69, 9.17) is 0 Å². The van der Waals surface area contributed by atoms with E-state index >= 15 is 0 Å². The lowest BCUT2D eigenvalue weighted by Gasteiger charge is -2.13. The third kappa shape index (κ3) is 2.70. The van der Waals surface area contributed by atoms with Gasteiger partial charge in [-0.1, -0.05) is 13.8 Å². The first-order valence-corrected chi connectivity index (χ1v) is 6.62. The minimum Gasteiger partial charge on any atom is -0.310 e. The van der Waals surface area contributed by atoms with Crippen molar-refractivity contribution in [3.8, 4) is 0 Å². The van der Waals surface area contributed by atoms with Crippen molar-refractivity contribution in [3.63, 3.8) is 0 Å². The maximum Gasteiger partial charge on any atom is 0.160 e. The molecule has 4 heteroatoms. The van der Waals surface area contributed by atoms with Crippen molar-refractivity contribution >= 4 is 11.2 Å². The Balaban J connectivity index is 2.28. The van der Waals surface area contributed by atoms with Crippen molar-refractivity contribution in [3.05, 3.63) is 24.2 Å². The van der Waals surface area contributed by atoms with Gasteiger partial charge in [-0.2, -0.15) is 0 Å². The van der Waals surface area contributed by atoms with E-state index in [2.05, 4.69) is 47.5 Å². The first-order valence-electron chi connectivity index (χ1n) is 6.62. The number of hydrogen-bond donors (Lipinski definition) is 1. The van der Waals surface area contributed by atoms with E-state index in [9.17, 15) is 0 Å². The lowest BCUT2D eigenvalue weighted by molar-refractivity contribution is 0.513. The van der Waals surface area contributed by atoms with E-state index in [0.29, 0.717) is 12.0 Å². The van der Waals surface area contributed by atoms with Crippen molar-refractivity contribution in [2.24, 2.45) is 5.92 Å². The zero-order valence-electron chi connectivity index (χ0n) is 11.6. The van der Waals surface area contributed by atoms with Crippen LogP contribution in [0.3, 0.4) is 0 Å². The van der Waals surface area contributed by atoms with Crippen molar-refractivity contribution < 1.29 is 0 Å². The number of hydrogen-bond acceptors (Lipinski definition) is 3. The maximum absolute atomic E-state index is 4.67. The van der Waals surface area contributed by atoms with Crippen LogP contribution in [0, 0.1) is 5.92 Å². The van der Waals surface area contributed by atoms with Crippen LogP contribution in [-0.2, 0) is 6.54 Å². The summed E-state index contributed by atoms with van der Waals surface area (Å²) in [6.45, 7) is 10.6. The average molecular weight is 246 g/mol. The summed E-state index contributed by atoms with van der Waals surface area (Å²) in [6.07, 6.45) is 1.83. The Morgan fingerprint density at radius 1 is 1.28 bits per heavy atom. The van der Waals surface area contributed by atoms with Crippen molar-refractivity contribution in [2.75, 3.05) is 6.54 Å². The van der Waals surface area contributed by atoms with Gasteiger partial charge in [-0.3, -0.25) is 0 Å². The van der Waals surface area contributed by atoms with Crippen molar-refractivity contribution in [1.82, 2.24) is 19.9 Å². The fraction of sp³-hybridized carbons (Fsp3) is 0.571. The van der Waals surface area contributed by atoms with Crippen LogP contribution in [0.5, 0.6) is 0 Å². The van der Waals surface area contributed by atoms with Crippen LogP contribution in [0.15, 0.2) is 18.3 Å². The molecule has 0 spiro atoms. The van der Waals surface area contributed by atoms with Gasteiger partial charge in [-0.25, -0.2) is 9.97 Å². The highest BCUT2D eigenvalue weighted by atomic mass is 15.2. The maximum atomic E-state index is 4.67. The van der Waals surface area contributed by atoms with Gasteiger partial charge in [0.1, 0.15) is 11.3 Å². The van der Waals surface area contributed by atoms with Crippen LogP contribution < -0.4 is 5.32 Å². The first kappa shape index (κ1) is 13.0. The predicted molar refractivity (Wildman–Crippen MR) is 74.5 cm³/mol. The molecule has 4 nitrogen and oxygen atoms in total. The second-order valence-electron chi connectivity index (χ2n) is 5.36. The fourth-order valence-electron chi connectivity index (χ4n) is 2.12.